The predicted octanol–water partition coefficient (Wildman–Crippen LogP) is 6.15. The Bertz CT molecular complexity index is 2100. The maximum atomic E-state index is 14.8. The summed E-state index contributed by atoms with van der Waals surface area (Å²) in [7, 11) is 1.54. The molecule has 3 aromatic carbocycles. The average molecular weight is 610 g/mol. The first-order chi connectivity index (χ1) is 22.4. The highest BCUT2D eigenvalue weighted by Crippen LogP contribution is 2.38. The number of aromatic amines is 1. The molecule has 6 aromatic rings. The maximum absolute atomic E-state index is 14.8. The topological polar surface area (TPSA) is 109 Å². The standard InChI is InChI=1S/C36H31N7O3/c1-23(2)42(26-17-18-32(46-3)38-21-26)33(44)22-41-30-15-9-10-16-31(30)43-34(24-11-5-4-6-12-24)39-40-35(43)28(36(41)45)19-25-20-37-29-14-8-7-13-27(25)29/h4-21,23,37H,22H2,1-3H3/b28-19+. The van der Waals surface area contributed by atoms with Crippen molar-refractivity contribution in [3.63, 3.8) is 0 Å². The van der Waals surface area contributed by atoms with E-state index < -0.39 is 0 Å². The minimum absolute atomic E-state index is 0.203. The molecular formula is C36H31N7O3. The molecule has 0 spiro atoms. The number of aromatic nitrogens is 5. The smallest absolute Gasteiger partial charge is 0.262 e. The Kier molecular flexibility index (Phi) is 7.38. The fourth-order valence-electron chi connectivity index (χ4n) is 5.92. The lowest BCUT2D eigenvalue weighted by Gasteiger charge is -2.30. The predicted molar refractivity (Wildman–Crippen MR) is 179 cm³/mol. The van der Waals surface area contributed by atoms with E-state index >= 15 is 0 Å². The molecule has 0 radical (unpaired) electrons. The van der Waals surface area contributed by atoms with Crippen LogP contribution in [0, 0.1) is 0 Å². The third-order valence-electron chi connectivity index (χ3n) is 8.03. The van der Waals surface area contributed by atoms with Crippen LogP contribution in [0.4, 0.5) is 11.4 Å². The van der Waals surface area contributed by atoms with E-state index in [0.29, 0.717) is 40.2 Å². The highest BCUT2D eigenvalue weighted by Gasteiger charge is 2.36. The molecule has 1 aliphatic rings. The summed E-state index contributed by atoms with van der Waals surface area (Å²) < 4.78 is 7.12. The van der Waals surface area contributed by atoms with Crippen LogP contribution in [0.2, 0.25) is 0 Å². The van der Waals surface area contributed by atoms with Gasteiger partial charge in [-0.15, -0.1) is 10.2 Å². The molecule has 46 heavy (non-hydrogen) atoms. The zero-order valence-corrected chi connectivity index (χ0v) is 25.6. The molecule has 10 nitrogen and oxygen atoms in total. The van der Waals surface area contributed by atoms with Crippen LogP contribution in [0.15, 0.2) is 103 Å². The van der Waals surface area contributed by atoms with Crippen molar-refractivity contribution in [1.82, 2.24) is 24.7 Å². The van der Waals surface area contributed by atoms with Gasteiger partial charge in [0.25, 0.3) is 5.91 Å². The maximum Gasteiger partial charge on any atom is 0.262 e. The number of hydrogen-bond acceptors (Lipinski definition) is 6. The second-order valence-corrected chi connectivity index (χ2v) is 11.2. The van der Waals surface area contributed by atoms with Gasteiger partial charge in [-0.05, 0) is 44.2 Å². The van der Waals surface area contributed by atoms with Crippen molar-refractivity contribution < 1.29 is 14.3 Å². The third kappa shape index (κ3) is 4.99. The number of para-hydroxylation sites is 3. The number of benzene rings is 3. The van der Waals surface area contributed by atoms with Crippen LogP contribution in [0.5, 0.6) is 5.88 Å². The Morgan fingerprint density at radius 1 is 0.913 bits per heavy atom. The van der Waals surface area contributed by atoms with E-state index in [2.05, 4.69) is 20.2 Å². The molecule has 1 aliphatic heterocycles. The molecule has 0 saturated carbocycles. The molecule has 10 heteroatoms. The second kappa shape index (κ2) is 11.8. The van der Waals surface area contributed by atoms with Crippen molar-refractivity contribution in [2.75, 3.05) is 23.5 Å². The number of carbonyl (C=O) groups is 2. The van der Waals surface area contributed by atoms with E-state index in [4.69, 9.17) is 4.74 Å². The van der Waals surface area contributed by atoms with E-state index in [1.165, 1.54) is 4.90 Å². The first-order valence-corrected chi connectivity index (χ1v) is 15.0. The Hall–Kier alpha value is -6.03. The fraction of sp³-hybridized carbons (Fsp3) is 0.139. The molecule has 1 N–H and O–H groups in total. The van der Waals surface area contributed by atoms with Gasteiger partial charge >= 0.3 is 0 Å². The number of fused-ring (bicyclic) bond motifs is 4. The van der Waals surface area contributed by atoms with Crippen molar-refractivity contribution in [2.24, 2.45) is 0 Å². The van der Waals surface area contributed by atoms with Crippen molar-refractivity contribution in [2.45, 2.75) is 19.9 Å². The SMILES string of the molecule is COc1ccc(N(C(=O)CN2C(=O)/C(=C/c3c[nH]c4ccccc34)c3nnc(-c4ccccc4)n3-c3ccccc32)C(C)C)cn1. The number of rotatable bonds is 7. The summed E-state index contributed by atoms with van der Waals surface area (Å²) >= 11 is 0. The highest BCUT2D eigenvalue weighted by molar-refractivity contribution is 6.32. The zero-order chi connectivity index (χ0) is 31.8. The molecule has 0 unspecified atom stereocenters. The number of carbonyl (C=O) groups excluding carboxylic acids is 2. The summed E-state index contributed by atoms with van der Waals surface area (Å²) in [6.07, 6.45) is 5.30. The Morgan fingerprint density at radius 2 is 1.63 bits per heavy atom. The minimum Gasteiger partial charge on any atom is -0.481 e. The van der Waals surface area contributed by atoms with Crippen molar-refractivity contribution >= 4 is 45.7 Å². The first kappa shape index (κ1) is 28.7. The van der Waals surface area contributed by atoms with Gasteiger partial charge in [-0.3, -0.25) is 19.1 Å². The van der Waals surface area contributed by atoms with Gasteiger partial charge in [0.1, 0.15) is 6.54 Å². The molecule has 4 heterocycles. The van der Waals surface area contributed by atoms with Crippen LogP contribution in [0.3, 0.4) is 0 Å². The molecule has 0 atom stereocenters. The Balaban J connectivity index is 1.40. The van der Waals surface area contributed by atoms with E-state index in [1.807, 2.05) is 110 Å². The molecule has 0 fully saturated rings. The lowest BCUT2D eigenvalue weighted by molar-refractivity contribution is -0.120. The second-order valence-electron chi connectivity index (χ2n) is 11.2. The third-order valence-corrected chi connectivity index (χ3v) is 8.03. The molecule has 0 bridgehead atoms. The van der Waals surface area contributed by atoms with Crippen molar-refractivity contribution in [3.8, 4) is 23.0 Å². The molecule has 228 valence electrons. The number of ether oxygens (including phenoxy) is 1. The number of methoxy groups -OCH3 is 1. The van der Waals surface area contributed by atoms with E-state index in [0.717, 1.165) is 22.0 Å². The van der Waals surface area contributed by atoms with Gasteiger partial charge < -0.3 is 14.6 Å². The van der Waals surface area contributed by atoms with Gasteiger partial charge in [0.2, 0.25) is 11.8 Å². The minimum atomic E-state index is -0.367. The molecular weight excluding hydrogens is 578 g/mol. The van der Waals surface area contributed by atoms with E-state index in [9.17, 15) is 9.59 Å². The van der Waals surface area contributed by atoms with Crippen LogP contribution in [-0.2, 0) is 9.59 Å². The Labute approximate surface area is 265 Å². The van der Waals surface area contributed by atoms with Gasteiger partial charge in [-0.2, -0.15) is 0 Å². The summed E-state index contributed by atoms with van der Waals surface area (Å²) in [5, 5.41) is 10.1. The summed E-state index contributed by atoms with van der Waals surface area (Å²) in [6.45, 7) is 3.64. The molecule has 2 amide bonds. The quantitative estimate of drug-likeness (QED) is 0.218. The van der Waals surface area contributed by atoms with Crippen LogP contribution < -0.4 is 14.5 Å². The van der Waals surface area contributed by atoms with E-state index in [-0.39, 0.29) is 24.4 Å². The zero-order valence-electron chi connectivity index (χ0n) is 25.6. The first-order valence-electron chi connectivity index (χ1n) is 15.0. The lowest BCUT2D eigenvalue weighted by Crippen LogP contribution is -2.46. The van der Waals surface area contributed by atoms with Gasteiger partial charge in [0.15, 0.2) is 11.6 Å². The highest BCUT2D eigenvalue weighted by atomic mass is 16.5. The number of hydrogen-bond donors (Lipinski definition) is 1. The van der Waals surface area contributed by atoms with Crippen molar-refractivity contribution in [1.29, 1.82) is 0 Å². The number of pyridine rings is 1. The Morgan fingerprint density at radius 3 is 2.37 bits per heavy atom. The largest absolute Gasteiger partial charge is 0.481 e. The van der Waals surface area contributed by atoms with Gasteiger partial charge in [-0.25, -0.2) is 4.98 Å². The number of amides is 2. The van der Waals surface area contributed by atoms with Gasteiger partial charge in [-0.1, -0.05) is 60.7 Å². The molecule has 7 rings (SSSR count). The average Bonchev–Trinajstić information content (AvgIpc) is 3.69. The molecule has 0 saturated heterocycles. The monoisotopic (exact) mass is 609 g/mol. The summed E-state index contributed by atoms with van der Waals surface area (Å²) in [4.78, 5) is 39.8. The molecule has 3 aromatic heterocycles. The van der Waals surface area contributed by atoms with Crippen LogP contribution in [0.25, 0.3) is 39.6 Å². The van der Waals surface area contributed by atoms with Gasteiger partial charge in [0, 0.05) is 40.3 Å². The van der Waals surface area contributed by atoms with Crippen molar-refractivity contribution in [3.05, 3.63) is 115 Å². The number of anilines is 2. The summed E-state index contributed by atoms with van der Waals surface area (Å²) in [6, 6.07) is 28.5. The van der Waals surface area contributed by atoms with E-state index in [1.54, 1.807) is 30.3 Å². The van der Waals surface area contributed by atoms with Crippen LogP contribution in [0.1, 0.15) is 25.2 Å². The summed E-state index contributed by atoms with van der Waals surface area (Å²) in [5.41, 5.74) is 4.78. The van der Waals surface area contributed by atoms with Crippen LogP contribution >= 0.6 is 0 Å². The number of nitrogens with one attached hydrogen (secondary N) is 1. The van der Waals surface area contributed by atoms with Crippen LogP contribution in [-0.4, -0.2) is 56.2 Å². The summed E-state index contributed by atoms with van der Waals surface area (Å²) in [5.74, 6) is 0.783. The molecule has 0 aliphatic carbocycles. The number of nitrogens with zero attached hydrogens (tertiary/aromatic N) is 6. The lowest BCUT2D eigenvalue weighted by atomic mass is 10.1. The normalized spacial score (nSPS) is 13.5. The van der Waals surface area contributed by atoms with Gasteiger partial charge in [0.05, 0.1) is 35.9 Å². The number of H-pyrrole nitrogens is 1. The fourth-order valence-corrected chi connectivity index (χ4v) is 5.92.